The van der Waals surface area contributed by atoms with Gasteiger partial charge in [-0.2, -0.15) is 0 Å². The van der Waals surface area contributed by atoms with E-state index in [9.17, 15) is 4.79 Å². The van der Waals surface area contributed by atoms with Crippen LogP contribution >= 0.6 is 11.6 Å². The first-order valence-electron chi connectivity index (χ1n) is 5.03. The van der Waals surface area contributed by atoms with E-state index in [0.29, 0.717) is 11.5 Å². The lowest BCUT2D eigenvalue weighted by Gasteiger charge is -2.04. The van der Waals surface area contributed by atoms with Crippen molar-refractivity contribution < 1.29 is 4.74 Å². The van der Waals surface area contributed by atoms with Crippen molar-refractivity contribution in [1.29, 1.82) is 0 Å². The summed E-state index contributed by atoms with van der Waals surface area (Å²) >= 11 is 5.65. The van der Waals surface area contributed by atoms with Gasteiger partial charge in [-0.3, -0.25) is 4.79 Å². The van der Waals surface area contributed by atoms with Crippen LogP contribution in [-0.2, 0) is 5.88 Å². The van der Waals surface area contributed by atoms with Crippen LogP contribution < -0.4 is 10.3 Å². The van der Waals surface area contributed by atoms with E-state index in [4.69, 9.17) is 16.3 Å². The molecular formula is C12H11ClN2O2. The Morgan fingerprint density at radius 2 is 2.06 bits per heavy atom. The highest BCUT2D eigenvalue weighted by atomic mass is 35.5. The smallest absolute Gasteiger partial charge is 0.251 e. The molecule has 5 heteroatoms. The van der Waals surface area contributed by atoms with Gasteiger partial charge in [0.1, 0.15) is 11.6 Å². The van der Waals surface area contributed by atoms with Crippen LogP contribution in [0.1, 0.15) is 5.82 Å². The number of aromatic nitrogens is 2. The fraction of sp³-hybridized carbons (Fsp3) is 0.167. The van der Waals surface area contributed by atoms with Crippen LogP contribution in [0.2, 0.25) is 0 Å². The van der Waals surface area contributed by atoms with Crippen LogP contribution in [0.15, 0.2) is 35.1 Å². The zero-order valence-electron chi connectivity index (χ0n) is 9.24. The number of aromatic amines is 1. The standard InChI is InChI=1S/C12H11ClN2O2/c1-17-9-4-2-8(3-5-9)10-6-12(16)15-11(7-13)14-10/h2-6H,7H2,1H3,(H,14,15,16). The van der Waals surface area contributed by atoms with Gasteiger partial charge in [-0.25, -0.2) is 4.98 Å². The Bertz CT molecular complexity index is 563. The number of nitrogens with zero attached hydrogens (tertiary/aromatic N) is 1. The maximum Gasteiger partial charge on any atom is 0.251 e. The van der Waals surface area contributed by atoms with Crippen molar-refractivity contribution in [3.63, 3.8) is 0 Å². The average molecular weight is 251 g/mol. The number of rotatable bonds is 3. The Hall–Kier alpha value is -1.81. The summed E-state index contributed by atoms with van der Waals surface area (Å²) in [5.74, 6) is 1.40. The molecule has 1 N–H and O–H groups in total. The average Bonchev–Trinajstić information content (AvgIpc) is 2.38. The summed E-state index contributed by atoms with van der Waals surface area (Å²) in [7, 11) is 1.60. The summed E-state index contributed by atoms with van der Waals surface area (Å²) in [6, 6.07) is 8.77. The minimum atomic E-state index is -0.207. The van der Waals surface area contributed by atoms with Gasteiger partial charge in [0.15, 0.2) is 0 Å². The number of benzene rings is 1. The summed E-state index contributed by atoms with van der Waals surface area (Å²) in [5, 5.41) is 0. The number of hydrogen-bond donors (Lipinski definition) is 1. The Morgan fingerprint density at radius 3 is 2.65 bits per heavy atom. The minimum Gasteiger partial charge on any atom is -0.497 e. The highest BCUT2D eigenvalue weighted by Crippen LogP contribution is 2.19. The Morgan fingerprint density at radius 1 is 1.35 bits per heavy atom. The molecule has 88 valence electrons. The van der Waals surface area contributed by atoms with Crippen LogP contribution in [-0.4, -0.2) is 17.1 Å². The number of ether oxygens (including phenoxy) is 1. The van der Waals surface area contributed by atoms with Crippen LogP contribution in [0.3, 0.4) is 0 Å². The van der Waals surface area contributed by atoms with Gasteiger partial charge in [-0.05, 0) is 24.3 Å². The molecule has 2 aromatic rings. The molecule has 0 spiro atoms. The van der Waals surface area contributed by atoms with Crippen LogP contribution in [0, 0.1) is 0 Å². The Kier molecular flexibility index (Phi) is 3.44. The molecule has 2 rings (SSSR count). The second-order valence-corrected chi connectivity index (χ2v) is 3.71. The number of H-pyrrole nitrogens is 1. The zero-order chi connectivity index (χ0) is 12.3. The van der Waals surface area contributed by atoms with Crippen molar-refractivity contribution in [1.82, 2.24) is 9.97 Å². The van der Waals surface area contributed by atoms with E-state index in [0.717, 1.165) is 11.3 Å². The lowest BCUT2D eigenvalue weighted by Crippen LogP contribution is -2.09. The van der Waals surface area contributed by atoms with Gasteiger partial charge in [0.05, 0.1) is 18.7 Å². The third kappa shape index (κ3) is 2.65. The van der Waals surface area contributed by atoms with E-state index in [-0.39, 0.29) is 11.4 Å². The molecule has 0 radical (unpaired) electrons. The monoisotopic (exact) mass is 250 g/mol. The van der Waals surface area contributed by atoms with E-state index in [1.165, 1.54) is 6.07 Å². The van der Waals surface area contributed by atoms with E-state index >= 15 is 0 Å². The predicted octanol–water partition coefficient (Wildman–Crippen LogP) is 2.18. The van der Waals surface area contributed by atoms with Gasteiger partial charge in [0.25, 0.3) is 5.56 Å². The molecule has 0 unspecified atom stereocenters. The molecule has 1 heterocycles. The number of alkyl halides is 1. The largest absolute Gasteiger partial charge is 0.497 e. The normalized spacial score (nSPS) is 10.2. The number of nitrogens with one attached hydrogen (secondary N) is 1. The molecule has 0 atom stereocenters. The zero-order valence-corrected chi connectivity index (χ0v) is 9.99. The van der Waals surface area contributed by atoms with Gasteiger partial charge < -0.3 is 9.72 Å². The van der Waals surface area contributed by atoms with Gasteiger partial charge >= 0.3 is 0 Å². The maximum atomic E-state index is 11.4. The van der Waals surface area contributed by atoms with Crippen molar-refractivity contribution in [3.8, 4) is 17.0 Å². The number of halogens is 1. The molecule has 0 fully saturated rings. The van der Waals surface area contributed by atoms with Crippen LogP contribution in [0.5, 0.6) is 5.75 Å². The Balaban J connectivity index is 2.44. The first kappa shape index (κ1) is 11.7. The third-order valence-electron chi connectivity index (χ3n) is 2.30. The molecule has 17 heavy (non-hydrogen) atoms. The minimum absolute atomic E-state index is 0.180. The topological polar surface area (TPSA) is 55.0 Å². The molecule has 1 aromatic heterocycles. The summed E-state index contributed by atoms with van der Waals surface area (Å²) < 4.78 is 5.06. The van der Waals surface area contributed by atoms with Gasteiger partial charge in [-0.1, -0.05) is 0 Å². The van der Waals surface area contributed by atoms with Gasteiger partial charge in [-0.15, -0.1) is 11.6 Å². The fourth-order valence-corrected chi connectivity index (χ4v) is 1.61. The lowest BCUT2D eigenvalue weighted by molar-refractivity contribution is 0.415. The van der Waals surface area contributed by atoms with Gasteiger partial charge in [0.2, 0.25) is 0 Å². The highest BCUT2D eigenvalue weighted by molar-refractivity contribution is 6.16. The first-order valence-corrected chi connectivity index (χ1v) is 5.57. The van der Waals surface area contributed by atoms with Crippen LogP contribution in [0.25, 0.3) is 11.3 Å². The van der Waals surface area contributed by atoms with Crippen molar-refractivity contribution in [2.24, 2.45) is 0 Å². The molecule has 0 saturated carbocycles. The van der Waals surface area contributed by atoms with Crippen molar-refractivity contribution in [2.75, 3.05) is 7.11 Å². The fourth-order valence-electron chi connectivity index (χ4n) is 1.48. The first-order chi connectivity index (χ1) is 8.22. The molecule has 0 amide bonds. The van der Waals surface area contributed by atoms with E-state index in [2.05, 4.69) is 9.97 Å². The summed E-state index contributed by atoms with van der Waals surface area (Å²) in [6.45, 7) is 0. The number of hydrogen-bond acceptors (Lipinski definition) is 3. The Labute approximate surface area is 103 Å². The molecule has 4 nitrogen and oxygen atoms in total. The molecule has 0 aliphatic rings. The summed E-state index contributed by atoms with van der Waals surface area (Å²) in [5.41, 5.74) is 1.25. The molecule has 0 aliphatic heterocycles. The van der Waals surface area contributed by atoms with Crippen LogP contribution in [0.4, 0.5) is 0 Å². The second-order valence-electron chi connectivity index (χ2n) is 3.44. The summed E-state index contributed by atoms with van der Waals surface area (Å²) in [4.78, 5) is 18.2. The number of methoxy groups -OCH3 is 1. The van der Waals surface area contributed by atoms with E-state index < -0.39 is 0 Å². The van der Waals surface area contributed by atoms with Crippen molar-refractivity contribution >= 4 is 11.6 Å². The second kappa shape index (κ2) is 5.01. The van der Waals surface area contributed by atoms with E-state index in [1.54, 1.807) is 7.11 Å². The third-order valence-corrected chi connectivity index (χ3v) is 2.56. The van der Waals surface area contributed by atoms with Crippen molar-refractivity contribution in [2.45, 2.75) is 5.88 Å². The molecule has 0 aliphatic carbocycles. The SMILES string of the molecule is COc1ccc(-c2cc(=O)[nH]c(CCl)n2)cc1. The summed E-state index contributed by atoms with van der Waals surface area (Å²) in [6.07, 6.45) is 0. The predicted molar refractivity (Wildman–Crippen MR) is 66.4 cm³/mol. The maximum absolute atomic E-state index is 11.4. The molecule has 1 aromatic carbocycles. The molecular weight excluding hydrogens is 240 g/mol. The quantitative estimate of drug-likeness (QED) is 0.850. The van der Waals surface area contributed by atoms with E-state index in [1.807, 2.05) is 24.3 Å². The van der Waals surface area contributed by atoms with Gasteiger partial charge in [0, 0.05) is 11.6 Å². The van der Waals surface area contributed by atoms with Crippen molar-refractivity contribution in [3.05, 3.63) is 46.5 Å². The highest BCUT2D eigenvalue weighted by Gasteiger charge is 2.03. The molecule has 0 saturated heterocycles. The lowest BCUT2D eigenvalue weighted by atomic mass is 10.1. The molecule has 0 bridgehead atoms.